The second-order valence-corrected chi connectivity index (χ2v) is 5.49. The number of hydrogen-bond donors (Lipinski definition) is 1. The van der Waals surface area contributed by atoms with Crippen LogP contribution in [0.5, 0.6) is 11.5 Å². The fourth-order valence-corrected chi connectivity index (χ4v) is 2.59. The number of ether oxygens (including phenoxy) is 2. The van der Waals surface area contributed by atoms with Crippen molar-refractivity contribution < 1.29 is 19.4 Å². The minimum absolute atomic E-state index is 0.0615. The normalized spacial score (nSPS) is 13.8. The van der Waals surface area contributed by atoms with Crippen LogP contribution < -0.4 is 14.4 Å². The van der Waals surface area contributed by atoms with Crippen LogP contribution in [-0.4, -0.2) is 41.2 Å². The van der Waals surface area contributed by atoms with Gasteiger partial charge < -0.3 is 19.5 Å². The molecule has 2 aromatic rings. The van der Waals surface area contributed by atoms with E-state index in [1.807, 2.05) is 0 Å². The number of aromatic nitrogens is 2. The van der Waals surface area contributed by atoms with Gasteiger partial charge in [0.25, 0.3) is 0 Å². The standard InChI is InChI=1S/C17H19N3O4/c1-23-12-4-6-13(7-5-12)24-11-15-14(16(21)22)10-18-17(19-15)20-8-2-3-9-20/h4-7,10H,2-3,8-9,11H2,1H3,(H,21,22). The topological polar surface area (TPSA) is 84.8 Å². The van der Waals surface area contributed by atoms with Gasteiger partial charge in [-0.05, 0) is 37.1 Å². The lowest BCUT2D eigenvalue weighted by atomic mass is 10.2. The zero-order chi connectivity index (χ0) is 16.9. The van der Waals surface area contributed by atoms with E-state index >= 15 is 0 Å². The molecule has 0 spiro atoms. The Morgan fingerprint density at radius 2 is 1.88 bits per heavy atom. The van der Waals surface area contributed by atoms with Crippen LogP contribution in [0.15, 0.2) is 30.5 Å². The minimum atomic E-state index is -1.06. The van der Waals surface area contributed by atoms with E-state index in [0.29, 0.717) is 17.4 Å². The highest BCUT2D eigenvalue weighted by Gasteiger charge is 2.19. The van der Waals surface area contributed by atoms with Crippen LogP contribution in [0.4, 0.5) is 5.95 Å². The van der Waals surface area contributed by atoms with Crippen LogP contribution in [0.2, 0.25) is 0 Å². The summed E-state index contributed by atoms with van der Waals surface area (Å²) in [5, 5.41) is 9.32. The lowest BCUT2D eigenvalue weighted by Gasteiger charge is -2.16. The van der Waals surface area contributed by atoms with Gasteiger partial charge in [0.05, 0.1) is 12.8 Å². The van der Waals surface area contributed by atoms with Gasteiger partial charge in [-0.1, -0.05) is 0 Å². The van der Waals surface area contributed by atoms with Crippen LogP contribution in [0.25, 0.3) is 0 Å². The molecule has 1 aliphatic rings. The van der Waals surface area contributed by atoms with Gasteiger partial charge >= 0.3 is 5.97 Å². The zero-order valence-corrected chi connectivity index (χ0v) is 13.4. The summed E-state index contributed by atoms with van der Waals surface area (Å²) in [4.78, 5) is 22.0. The molecule has 1 fully saturated rings. The summed E-state index contributed by atoms with van der Waals surface area (Å²) in [7, 11) is 1.59. The quantitative estimate of drug-likeness (QED) is 0.870. The third-order valence-corrected chi connectivity index (χ3v) is 3.91. The Morgan fingerprint density at radius 1 is 1.21 bits per heavy atom. The van der Waals surface area contributed by atoms with Gasteiger partial charge in [-0.3, -0.25) is 0 Å². The molecule has 0 saturated carbocycles. The first-order valence-corrected chi connectivity index (χ1v) is 7.78. The maximum atomic E-state index is 11.4. The molecule has 3 rings (SSSR count). The highest BCUT2D eigenvalue weighted by atomic mass is 16.5. The molecule has 7 heteroatoms. The van der Waals surface area contributed by atoms with Crippen molar-refractivity contribution in [2.24, 2.45) is 0 Å². The van der Waals surface area contributed by atoms with Crippen LogP contribution in [0.3, 0.4) is 0 Å². The predicted molar refractivity (Wildman–Crippen MR) is 87.8 cm³/mol. The molecule has 0 atom stereocenters. The molecule has 24 heavy (non-hydrogen) atoms. The van der Waals surface area contributed by atoms with E-state index < -0.39 is 5.97 Å². The highest BCUT2D eigenvalue weighted by molar-refractivity contribution is 5.88. The molecule has 126 valence electrons. The fraction of sp³-hybridized carbons (Fsp3) is 0.353. The molecule has 0 amide bonds. The Balaban J connectivity index is 1.78. The number of hydrogen-bond acceptors (Lipinski definition) is 6. The summed E-state index contributed by atoms with van der Waals surface area (Å²) in [5.41, 5.74) is 0.432. The molecule has 0 aliphatic carbocycles. The smallest absolute Gasteiger partial charge is 0.339 e. The van der Waals surface area contributed by atoms with Crippen molar-refractivity contribution in [2.75, 3.05) is 25.1 Å². The fourth-order valence-electron chi connectivity index (χ4n) is 2.59. The number of rotatable bonds is 6. The Morgan fingerprint density at radius 3 is 2.50 bits per heavy atom. The number of anilines is 1. The summed E-state index contributed by atoms with van der Waals surface area (Å²) >= 11 is 0. The molecular weight excluding hydrogens is 310 g/mol. The molecule has 0 radical (unpaired) electrons. The number of nitrogens with zero attached hydrogens (tertiary/aromatic N) is 3. The van der Waals surface area contributed by atoms with Crippen LogP contribution in [0.1, 0.15) is 28.9 Å². The summed E-state index contributed by atoms with van der Waals surface area (Å²) in [5.74, 6) is 0.850. The van der Waals surface area contributed by atoms with Gasteiger partial charge in [-0.15, -0.1) is 0 Å². The first kappa shape index (κ1) is 16.0. The Labute approximate surface area is 139 Å². The minimum Gasteiger partial charge on any atom is -0.497 e. The average Bonchev–Trinajstić information content (AvgIpc) is 3.14. The number of aromatic carboxylic acids is 1. The molecule has 1 saturated heterocycles. The van der Waals surface area contributed by atoms with Crippen molar-refractivity contribution in [3.63, 3.8) is 0 Å². The van der Waals surface area contributed by atoms with Crippen molar-refractivity contribution in [3.8, 4) is 11.5 Å². The summed E-state index contributed by atoms with van der Waals surface area (Å²) in [6.07, 6.45) is 3.55. The van der Waals surface area contributed by atoms with Crippen molar-refractivity contribution in [2.45, 2.75) is 19.4 Å². The Hall–Kier alpha value is -2.83. The molecule has 1 aliphatic heterocycles. The van der Waals surface area contributed by atoms with E-state index in [1.54, 1.807) is 31.4 Å². The van der Waals surface area contributed by atoms with Crippen molar-refractivity contribution in [1.82, 2.24) is 9.97 Å². The third-order valence-electron chi connectivity index (χ3n) is 3.91. The maximum Gasteiger partial charge on any atom is 0.339 e. The van der Waals surface area contributed by atoms with Crippen molar-refractivity contribution in [3.05, 3.63) is 41.7 Å². The molecule has 1 aromatic heterocycles. The molecule has 7 nitrogen and oxygen atoms in total. The van der Waals surface area contributed by atoms with E-state index in [0.717, 1.165) is 31.7 Å². The average molecular weight is 329 g/mol. The highest BCUT2D eigenvalue weighted by Crippen LogP contribution is 2.21. The van der Waals surface area contributed by atoms with Gasteiger partial charge in [0.2, 0.25) is 5.95 Å². The first-order chi connectivity index (χ1) is 11.7. The lowest BCUT2D eigenvalue weighted by molar-refractivity contribution is 0.0692. The third kappa shape index (κ3) is 3.56. The van der Waals surface area contributed by atoms with E-state index in [9.17, 15) is 9.90 Å². The number of carbonyl (C=O) groups is 1. The van der Waals surface area contributed by atoms with Gasteiger partial charge in [0.1, 0.15) is 23.7 Å². The number of methoxy groups -OCH3 is 1. The zero-order valence-electron chi connectivity index (χ0n) is 13.4. The second kappa shape index (κ2) is 7.16. The first-order valence-electron chi connectivity index (χ1n) is 7.78. The summed E-state index contributed by atoms with van der Waals surface area (Å²) < 4.78 is 10.8. The van der Waals surface area contributed by atoms with Gasteiger partial charge in [-0.2, -0.15) is 0 Å². The molecule has 0 bridgehead atoms. The van der Waals surface area contributed by atoms with Gasteiger partial charge in [0, 0.05) is 19.3 Å². The molecule has 0 unspecified atom stereocenters. The second-order valence-electron chi connectivity index (χ2n) is 5.49. The summed E-state index contributed by atoms with van der Waals surface area (Å²) in [6.45, 7) is 1.85. The van der Waals surface area contributed by atoms with Crippen LogP contribution in [0, 0.1) is 0 Å². The summed E-state index contributed by atoms with van der Waals surface area (Å²) in [6, 6.07) is 7.09. The van der Waals surface area contributed by atoms with E-state index in [2.05, 4.69) is 14.9 Å². The molecule has 1 N–H and O–H groups in total. The van der Waals surface area contributed by atoms with E-state index in [1.165, 1.54) is 6.20 Å². The number of benzene rings is 1. The van der Waals surface area contributed by atoms with Gasteiger partial charge in [0.15, 0.2) is 0 Å². The maximum absolute atomic E-state index is 11.4. The van der Waals surface area contributed by atoms with Crippen LogP contribution >= 0.6 is 0 Å². The Bertz CT molecular complexity index is 712. The monoisotopic (exact) mass is 329 g/mol. The van der Waals surface area contributed by atoms with Gasteiger partial charge in [-0.25, -0.2) is 14.8 Å². The van der Waals surface area contributed by atoms with Crippen molar-refractivity contribution >= 4 is 11.9 Å². The molecule has 1 aromatic carbocycles. The number of carboxylic acid groups (broad SMARTS) is 1. The van der Waals surface area contributed by atoms with E-state index in [4.69, 9.17) is 9.47 Å². The molecule has 2 heterocycles. The number of carboxylic acids is 1. The predicted octanol–water partition coefficient (Wildman–Crippen LogP) is 2.36. The Kier molecular flexibility index (Phi) is 4.79. The SMILES string of the molecule is COc1ccc(OCc2nc(N3CCCC3)ncc2C(=O)O)cc1. The molecular formula is C17H19N3O4. The van der Waals surface area contributed by atoms with E-state index in [-0.39, 0.29) is 12.2 Å². The van der Waals surface area contributed by atoms with Crippen molar-refractivity contribution in [1.29, 1.82) is 0 Å². The lowest BCUT2D eigenvalue weighted by Crippen LogP contribution is -2.22. The van der Waals surface area contributed by atoms with Crippen LogP contribution in [-0.2, 0) is 6.61 Å². The largest absolute Gasteiger partial charge is 0.497 e.